The van der Waals surface area contributed by atoms with Crippen LogP contribution in [0, 0.1) is 12.7 Å². The van der Waals surface area contributed by atoms with Gasteiger partial charge in [-0.15, -0.1) is 0 Å². The number of amides is 2. The Labute approximate surface area is 247 Å². The lowest BCUT2D eigenvalue weighted by molar-refractivity contribution is -0.139. The summed E-state index contributed by atoms with van der Waals surface area (Å²) in [5.41, 5.74) is 1.33. The number of sulfonamides is 1. The SMILES string of the molecule is CCC(C)NC(=O)C(C)N(Cc1ccccc1F)C(=O)CN(c1ccc(C)cc1)S(=O)(=O)c1ccc(OC)c(OC)c1. The van der Waals surface area contributed by atoms with Crippen LogP contribution >= 0.6 is 0 Å². The van der Waals surface area contributed by atoms with Crippen molar-refractivity contribution in [2.75, 3.05) is 25.1 Å². The van der Waals surface area contributed by atoms with Crippen LogP contribution in [0.1, 0.15) is 38.3 Å². The molecule has 0 spiro atoms. The van der Waals surface area contributed by atoms with Gasteiger partial charge in [0.25, 0.3) is 10.0 Å². The fourth-order valence-electron chi connectivity index (χ4n) is 4.20. The predicted octanol–water partition coefficient (Wildman–Crippen LogP) is 4.68. The highest BCUT2D eigenvalue weighted by Gasteiger charge is 2.33. The summed E-state index contributed by atoms with van der Waals surface area (Å²) in [7, 11) is -1.50. The van der Waals surface area contributed by atoms with Crippen LogP contribution in [-0.2, 0) is 26.2 Å². The first-order valence-corrected chi connectivity index (χ1v) is 15.0. The number of anilines is 1. The van der Waals surface area contributed by atoms with Gasteiger partial charge in [-0.3, -0.25) is 13.9 Å². The first-order valence-electron chi connectivity index (χ1n) is 13.6. The second-order valence-corrected chi connectivity index (χ2v) is 11.8. The average Bonchev–Trinajstić information content (AvgIpc) is 2.98. The number of aryl methyl sites for hydroxylation is 1. The van der Waals surface area contributed by atoms with Crippen molar-refractivity contribution in [1.29, 1.82) is 0 Å². The van der Waals surface area contributed by atoms with Gasteiger partial charge in [0.2, 0.25) is 11.8 Å². The molecule has 0 radical (unpaired) electrons. The molecule has 1 N–H and O–H groups in total. The van der Waals surface area contributed by atoms with Crippen LogP contribution in [0.15, 0.2) is 71.6 Å². The minimum absolute atomic E-state index is 0.128. The van der Waals surface area contributed by atoms with Crippen molar-refractivity contribution in [1.82, 2.24) is 10.2 Å². The fourth-order valence-corrected chi connectivity index (χ4v) is 5.63. The number of carbonyl (C=O) groups is 2. The van der Waals surface area contributed by atoms with E-state index in [1.807, 2.05) is 20.8 Å². The van der Waals surface area contributed by atoms with Gasteiger partial charge < -0.3 is 19.7 Å². The van der Waals surface area contributed by atoms with Crippen LogP contribution in [0.5, 0.6) is 11.5 Å². The number of hydrogen-bond acceptors (Lipinski definition) is 6. The van der Waals surface area contributed by atoms with Gasteiger partial charge in [0.15, 0.2) is 11.5 Å². The van der Waals surface area contributed by atoms with Crippen LogP contribution in [0.2, 0.25) is 0 Å². The first kappa shape index (κ1) is 32.4. The third kappa shape index (κ3) is 7.58. The van der Waals surface area contributed by atoms with E-state index in [4.69, 9.17) is 9.47 Å². The molecule has 9 nitrogen and oxygen atoms in total. The number of carbonyl (C=O) groups excluding carboxylic acids is 2. The molecule has 0 aliphatic carbocycles. The summed E-state index contributed by atoms with van der Waals surface area (Å²) < 4.78 is 54.3. The van der Waals surface area contributed by atoms with Gasteiger partial charge in [-0.05, 0) is 57.5 Å². The van der Waals surface area contributed by atoms with E-state index in [0.717, 1.165) is 9.87 Å². The highest BCUT2D eigenvalue weighted by Crippen LogP contribution is 2.32. The van der Waals surface area contributed by atoms with Crippen molar-refractivity contribution in [2.45, 2.75) is 57.6 Å². The van der Waals surface area contributed by atoms with Gasteiger partial charge in [0.05, 0.1) is 24.8 Å². The summed E-state index contributed by atoms with van der Waals surface area (Å²) in [6.45, 7) is 6.26. The van der Waals surface area contributed by atoms with Crippen LogP contribution < -0.4 is 19.1 Å². The quantitative estimate of drug-likeness (QED) is 0.306. The van der Waals surface area contributed by atoms with Crippen LogP contribution in [0.3, 0.4) is 0 Å². The van der Waals surface area contributed by atoms with E-state index in [2.05, 4.69) is 5.32 Å². The van der Waals surface area contributed by atoms with Crippen LogP contribution in [0.4, 0.5) is 10.1 Å². The molecule has 2 unspecified atom stereocenters. The minimum Gasteiger partial charge on any atom is -0.493 e. The van der Waals surface area contributed by atoms with Crippen molar-refractivity contribution in [3.63, 3.8) is 0 Å². The Balaban J connectivity index is 2.07. The Kier molecular flexibility index (Phi) is 10.9. The third-order valence-corrected chi connectivity index (χ3v) is 8.78. The average molecular weight is 600 g/mol. The summed E-state index contributed by atoms with van der Waals surface area (Å²) in [5.74, 6) is -1.12. The molecule has 0 bridgehead atoms. The smallest absolute Gasteiger partial charge is 0.264 e. The second kappa shape index (κ2) is 14.2. The van der Waals surface area contributed by atoms with Gasteiger partial charge in [-0.25, -0.2) is 12.8 Å². The molecule has 11 heteroatoms. The lowest BCUT2D eigenvalue weighted by atomic mass is 10.1. The summed E-state index contributed by atoms with van der Waals surface area (Å²) >= 11 is 0. The normalized spacial score (nSPS) is 12.6. The molecule has 226 valence electrons. The molecule has 0 fully saturated rings. The maximum Gasteiger partial charge on any atom is 0.264 e. The molecule has 0 aliphatic rings. The highest BCUT2D eigenvalue weighted by molar-refractivity contribution is 7.92. The van der Waals surface area contributed by atoms with Crippen molar-refractivity contribution < 1.29 is 31.9 Å². The Hall–Kier alpha value is -4.12. The third-order valence-electron chi connectivity index (χ3n) is 7.01. The van der Waals surface area contributed by atoms with Gasteiger partial charge in [0, 0.05) is 24.2 Å². The predicted molar refractivity (Wildman–Crippen MR) is 160 cm³/mol. The zero-order valence-corrected chi connectivity index (χ0v) is 25.6. The molecule has 2 atom stereocenters. The van der Waals surface area contributed by atoms with E-state index in [9.17, 15) is 22.4 Å². The number of halogens is 1. The summed E-state index contributed by atoms with van der Waals surface area (Å²) in [6.07, 6.45) is 0.671. The summed E-state index contributed by atoms with van der Waals surface area (Å²) in [5, 5.41) is 2.85. The fraction of sp³-hybridized carbons (Fsp3) is 0.355. The van der Waals surface area contributed by atoms with Gasteiger partial charge in [-0.1, -0.05) is 42.8 Å². The maximum atomic E-state index is 14.7. The Bertz CT molecular complexity index is 1500. The molecule has 0 aromatic heterocycles. The molecule has 3 rings (SSSR count). The Morgan fingerprint density at radius 1 is 0.952 bits per heavy atom. The topological polar surface area (TPSA) is 105 Å². The van der Waals surface area contributed by atoms with Crippen molar-refractivity contribution >= 4 is 27.5 Å². The van der Waals surface area contributed by atoms with Crippen molar-refractivity contribution in [3.8, 4) is 11.5 Å². The molecule has 42 heavy (non-hydrogen) atoms. The Morgan fingerprint density at radius 2 is 1.60 bits per heavy atom. The second-order valence-electron chi connectivity index (χ2n) is 9.97. The zero-order valence-electron chi connectivity index (χ0n) is 24.8. The number of nitrogens with zero attached hydrogens (tertiary/aromatic N) is 2. The standard InChI is InChI=1S/C31H38FN3O6S/c1-7-22(3)33-31(37)23(4)34(19-24-10-8-9-11-27(24)32)30(36)20-35(25-14-12-21(2)13-15-25)42(38,39)26-16-17-28(40-5)29(18-26)41-6/h8-18,22-23H,7,19-20H2,1-6H3,(H,33,37). The van der Waals surface area contributed by atoms with E-state index in [1.165, 1.54) is 62.4 Å². The van der Waals surface area contributed by atoms with E-state index in [0.29, 0.717) is 12.2 Å². The van der Waals surface area contributed by atoms with Gasteiger partial charge in [-0.2, -0.15) is 0 Å². The van der Waals surface area contributed by atoms with E-state index < -0.39 is 40.2 Å². The van der Waals surface area contributed by atoms with Gasteiger partial charge >= 0.3 is 0 Å². The number of nitrogens with one attached hydrogen (secondary N) is 1. The summed E-state index contributed by atoms with van der Waals surface area (Å²) in [4.78, 5) is 28.2. The van der Waals surface area contributed by atoms with Gasteiger partial charge in [0.1, 0.15) is 18.4 Å². The number of hydrogen-bond donors (Lipinski definition) is 1. The first-order chi connectivity index (χ1) is 19.9. The molecule has 2 amide bonds. The lowest BCUT2D eigenvalue weighted by Crippen LogP contribution is -2.52. The minimum atomic E-state index is -4.33. The Morgan fingerprint density at radius 3 is 2.19 bits per heavy atom. The number of methoxy groups -OCH3 is 2. The van der Waals surface area contributed by atoms with Crippen molar-refractivity contribution in [3.05, 3.63) is 83.7 Å². The van der Waals surface area contributed by atoms with E-state index in [-0.39, 0.29) is 34.5 Å². The molecule has 0 heterocycles. The number of ether oxygens (including phenoxy) is 2. The molecular formula is C31H38FN3O6S. The van der Waals surface area contributed by atoms with Crippen LogP contribution in [-0.4, -0.2) is 58.0 Å². The molecule has 0 saturated heterocycles. The number of benzene rings is 3. The van der Waals surface area contributed by atoms with E-state index >= 15 is 0 Å². The molecule has 0 aliphatic heterocycles. The molecule has 3 aromatic rings. The monoisotopic (exact) mass is 599 g/mol. The largest absolute Gasteiger partial charge is 0.493 e. The molecule has 3 aromatic carbocycles. The number of rotatable bonds is 13. The summed E-state index contributed by atoms with van der Waals surface area (Å²) in [6, 6.07) is 15.6. The van der Waals surface area contributed by atoms with Crippen LogP contribution in [0.25, 0.3) is 0 Å². The zero-order chi connectivity index (χ0) is 31.0. The molecular weight excluding hydrogens is 561 g/mol. The molecule has 0 saturated carbocycles. The van der Waals surface area contributed by atoms with E-state index in [1.54, 1.807) is 30.3 Å². The van der Waals surface area contributed by atoms with Crippen molar-refractivity contribution in [2.24, 2.45) is 0 Å². The lowest BCUT2D eigenvalue weighted by Gasteiger charge is -2.32. The highest BCUT2D eigenvalue weighted by atomic mass is 32.2. The maximum absolute atomic E-state index is 14.7.